The number of pyridine rings is 1. The van der Waals surface area contributed by atoms with E-state index in [2.05, 4.69) is 15.6 Å². The Morgan fingerprint density at radius 3 is 2.77 bits per heavy atom. The molecule has 1 aliphatic carbocycles. The summed E-state index contributed by atoms with van der Waals surface area (Å²) in [4.78, 5) is 43.4. The summed E-state index contributed by atoms with van der Waals surface area (Å²) in [7, 11) is 0. The van der Waals surface area contributed by atoms with Crippen LogP contribution in [0.2, 0.25) is 5.02 Å². The average molecular weight is 497 g/mol. The summed E-state index contributed by atoms with van der Waals surface area (Å²) in [5, 5.41) is 14.8. The first-order chi connectivity index (χ1) is 16.8. The molecule has 3 amide bonds. The van der Waals surface area contributed by atoms with E-state index < -0.39 is 11.9 Å². The van der Waals surface area contributed by atoms with Gasteiger partial charge in [-0.1, -0.05) is 36.7 Å². The van der Waals surface area contributed by atoms with Gasteiger partial charge in [0.15, 0.2) is 0 Å². The van der Waals surface area contributed by atoms with Gasteiger partial charge in [-0.25, -0.2) is 0 Å². The maximum absolute atomic E-state index is 13.0. The molecule has 9 nitrogen and oxygen atoms in total. The summed E-state index contributed by atoms with van der Waals surface area (Å²) in [6, 6.07) is 8.75. The third kappa shape index (κ3) is 5.45. The fraction of sp³-hybridized carbons (Fsp3) is 0.400. The topological polar surface area (TPSA) is 141 Å². The van der Waals surface area contributed by atoms with Crippen molar-refractivity contribution >= 4 is 40.7 Å². The summed E-state index contributed by atoms with van der Waals surface area (Å²) in [6.07, 6.45) is 4.29. The first-order valence-corrected chi connectivity index (χ1v) is 12.1. The first kappa shape index (κ1) is 24.7. The lowest BCUT2D eigenvalue weighted by molar-refractivity contribution is -0.137. The number of anilines is 1. The molecule has 10 heteroatoms. The number of nitrogens with two attached hydrogens (primary N) is 1. The zero-order chi connectivity index (χ0) is 25.1. The monoisotopic (exact) mass is 496 g/mol. The first-order valence-electron chi connectivity index (χ1n) is 11.8. The molecule has 5 N–H and O–H groups in total. The molecule has 1 unspecified atom stereocenters. The van der Waals surface area contributed by atoms with Gasteiger partial charge in [0.25, 0.3) is 5.91 Å². The van der Waals surface area contributed by atoms with Crippen molar-refractivity contribution in [2.75, 3.05) is 18.4 Å². The lowest BCUT2D eigenvalue weighted by atomic mass is 10.1. The summed E-state index contributed by atoms with van der Waals surface area (Å²) in [5.41, 5.74) is 7.35. The molecule has 1 saturated heterocycles. The molecule has 0 radical (unpaired) electrons. The van der Waals surface area contributed by atoms with E-state index in [0.717, 1.165) is 18.4 Å². The number of aryl methyl sites for hydroxylation is 1. The third-order valence-corrected chi connectivity index (χ3v) is 6.91. The number of nitrogens with zero attached hydrogens (tertiary/aromatic N) is 2. The third-order valence-electron chi connectivity index (χ3n) is 6.57. The number of benzene rings is 1. The molecular weight excluding hydrogens is 468 g/mol. The molecule has 1 aromatic heterocycles. The SMILES string of the molecule is CCc1cc(C(=N)C(N)=O)c(NCC(=O)N2CCC[C@H]2C(=O)NC2C[C@H]2c2ccccc2Cl)cn1. The highest BCUT2D eigenvalue weighted by Gasteiger charge is 2.43. The van der Waals surface area contributed by atoms with E-state index in [1.807, 2.05) is 31.2 Å². The van der Waals surface area contributed by atoms with E-state index in [1.54, 1.807) is 11.0 Å². The number of hydrogen-bond acceptors (Lipinski definition) is 6. The number of likely N-dealkylation sites (tertiary alicyclic amines) is 1. The van der Waals surface area contributed by atoms with Crippen LogP contribution in [-0.4, -0.2) is 58.5 Å². The van der Waals surface area contributed by atoms with Crippen molar-refractivity contribution in [1.82, 2.24) is 15.2 Å². The second-order valence-corrected chi connectivity index (χ2v) is 9.30. The summed E-state index contributed by atoms with van der Waals surface area (Å²) < 4.78 is 0. The minimum absolute atomic E-state index is 0.0172. The standard InChI is InChI=1S/C25H29ClN6O3/c1-2-14-10-17(23(27)24(28)34)20(12-29-14)30-13-22(33)32-9-5-8-21(32)25(35)31-19-11-16(19)15-6-3-4-7-18(15)26/h3-4,6-7,10,12,16,19,21,27,30H,2,5,8-9,11,13H2,1H3,(H2,28,34)(H,31,35)/t16-,19?,21-/m0/s1. The van der Waals surface area contributed by atoms with Crippen molar-refractivity contribution < 1.29 is 14.4 Å². The van der Waals surface area contributed by atoms with Crippen molar-refractivity contribution in [3.05, 3.63) is 58.4 Å². The van der Waals surface area contributed by atoms with Crippen LogP contribution in [0.1, 0.15) is 48.9 Å². The Morgan fingerprint density at radius 1 is 1.29 bits per heavy atom. The van der Waals surface area contributed by atoms with Gasteiger partial charge in [-0.05, 0) is 43.4 Å². The lowest BCUT2D eigenvalue weighted by Crippen LogP contribution is -2.48. The molecule has 35 heavy (non-hydrogen) atoms. The number of halogens is 1. The van der Waals surface area contributed by atoms with Crippen molar-refractivity contribution in [3.63, 3.8) is 0 Å². The Bertz CT molecular complexity index is 1170. The molecule has 2 fully saturated rings. The molecule has 0 bridgehead atoms. The van der Waals surface area contributed by atoms with Crippen LogP contribution in [0.15, 0.2) is 36.5 Å². The zero-order valence-corrected chi connectivity index (χ0v) is 20.3. The molecule has 1 saturated carbocycles. The van der Waals surface area contributed by atoms with Crippen LogP contribution >= 0.6 is 11.6 Å². The number of carbonyl (C=O) groups is 3. The highest BCUT2D eigenvalue weighted by atomic mass is 35.5. The minimum atomic E-state index is -0.862. The van der Waals surface area contributed by atoms with E-state index in [0.29, 0.717) is 41.4 Å². The van der Waals surface area contributed by atoms with E-state index in [1.165, 1.54) is 6.20 Å². The molecule has 1 aromatic carbocycles. The van der Waals surface area contributed by atoms with Crippen LogP contribution in [0, 0.1) is 5.41 Å². The average Bonchev–Trinajstić information content (AvgIpc) is 3.42. The van der Waals surface area contributed by atoms with Crippen molar-refractivity contribution in [1.29, 1.82) is 5.41 Å². The maximum Gasteiger partial charge on any atom is 0.267 e. The molecule has 2 aromatic rings. The number of amides is 3. The molecule has 3 atom stereocenters. The number of hydrogen-bond donors (Lipinski definition) is 4. The van der Waals surface area contributed by atoms with E-state index in [-0.39, 0.29) is 36.0 Å². The lowest BCUT2D eigenvalue weighted by Gasteiger charge is -2.24. The molecule has 4 rings (SSSR count). The van der Waals surface area contributed by atoms with Crippen molar-refractivity contribution in [2.24, 2.45) is 5.73 Å². The summed E-state index contributed by atoms with van der Waals surface area (Å²) in [5.74, 6) is -1.06. The molecule has 2 aliphatic rings. The molecule has 184 valence electrons. The van der Waals surface area contributed by atoms with Gasteiger partial charge in [-0.2, -0.15) is 0 Å². The summed E-state index contributed by atoms with van der Waals surface area (Å²) in [6.45, 7) is 2.31. The van der Waals surface area contributed by atoms with Gasteiger partial charge < -0.3 is 21.3 Å². The predicted molar refractivity (Wildman–Crippen MR) is 134 cm³/mol. The fourth-order valence-electron chi connectivity index (χ4n) is 4.54. The largest absolute Gasteiger partial charge is 0.374 e. The van der Waals surface area contributed by atoms with Gasteiger partial charge >= 0.3 is 0 Å². The second-order valence-electron chi connectivity index (χ2n) is 8.89. The predicted octanol–water partition coefficient (Wildman–Crippen LogP) is 2.23. The Labute approximate surface area is 208 Å². The quantitative estimate of drug-likeness (QED) is 0.394. The fourth-order valence-corrected chi connectivity index (χ4v) is 4.81. The number of aromatic nitrogens is 1. The second kappa shape index (κ2) is 10.4. The van der Waals surface area contributed by atoms with Gasteiger partial charge in [0.2, 0.25) is 11.8 Å². The van der Waals surface area contributed by atoms with Gasteiger partial charge in [-0.15, -0.1) is 0 Å². The van der Waals surface area contributed by atoms with Crippen LogP contribution in [0.3, 0.4) is 0 Å². The van der Waals surface area contributed by atoms with Crippen LogP contribution in [0.5, 0.6) is 0 Å². The highest BCUT2D eigenvalue weighted by molar-refractivity contribution is 6.44. The van der Waals surface area contributed by atoms with Crippen LogP contribution < -0.4 is 16.4 Å². The van der Waals surface area contributed by atoms with Gasteiger partial charge in [0.05, 0.1) is 18.4 Å². The number of primary amides is 1. The molecule has 1 aliphatic heterocycles. The number of rotatable bonds is 9. The van der Waals surface area contributed by atoms with E-state index in [9.17, 15) is 14.4 Å². The Balaban J connectivity index is 1.37. The Morgan fingerprint density at radius 2 is 2.06 bits per heavy atom. The van der Waals surface area contributed by atoms with Crippen molar-refractivity contribution in [2.45, 2.75) is 50.6 Å². The maximum atomic E-state index is 13.0. The van der Waals surface area contributed by atoms with E-state index in [4.69, 9.17) is 22.7 Å². The molecule has 0 spiro atoms. The highest BCUT2D eigenvalue weighted by Crippen LogP contribution is 2.43. The van der Waals surface area contributed by atoms with Gasteiger partial charge in [0, 0.05) is 34.8 Å². The van der Waals surface area contributed by atoms with Gasteiger partial charge in [0.1, 0.15) is 11.8 Å². The number of nitrogens with one attached hydrogen (secondary N) is 3. The normalized spacial score (nSPS) is 20.9. The number of carbonyl (C=O) groups excluding carboxylic acids is 3. The van der Waals surface area contributed by atoms with Crippen LogP contribution in [0.25, 0.3) is 0 Å². The van der Waals surface area contributed by atoms with Crippen LogP contribution in [0.4, 0.5) is 5.69 Å². The minimum Gasteiger partial charge on any atom is -0.374 e. The molecule has 2 heterocycles. The smallest absolute Gasteiger partial charge is 0.267 e. The van der Waals surface area contributed by atoms with Gasteiger partial charge in [-0.3, -0.25) is 24.8 Å². The Hall–Kier alpha value is -3.46. The Kier molecular flexibility index (Phi) is 7.35. The van der Waals surface area contributed by atoms with Crippen LogP contribution in [-0.2, 0) is 20.8 Å². The van der Waals surface area contributed by atoms with Crippen molar-refractivity contribution in [3.8, 4) is 0 Å². The zero-order valence-electron chi connectivity index (χ0n) is 19.5. The van der Waals surface area contributed by atoms with E-state index >= 15 is 0 Å². The molecular formula is C25H29ClN6O3. The summed E-state index contributed by atoms with van der Waals surface area (Å²) >= 11 is 6.29.